The van der Waals surface area contributed by atoms with Crippen LogP contribution < -0.4 is 0 Å². The van der Waals surface area contributed by atoms with Crippen molar-refractivity contribution < 1.29 is 0 Å². The van der Waals surface area contributed by atoms with Gasteiger partial charge in [0.1, 0.15) is 7.22 Å². The normalized spacial score (nSPS) is 13.5. The number of hydrogen-bond donors (Lipinski definition) is 0. The smallest absolute Gasteiger partial charge is 0.108 e. The van der Waals surface area contributed by atoms with Gasteiger partial charge in [-0.05, 0) is 12.2 Å². The molecule has 0 aliphatic carbocycles. The Labute approximate surface area is 84.2 Å². The molecule has 74 valence electrons. The molecule has 0 saturated carbocycles. The molecular weight excluding hydrogens is 196 g/mol. The lowest BCUT2D eigenvalue weighted by molar-refractivity contribution is 1.07. The van der Waals surface area contributed by atoms with Crippen LogP contribution in [0.15, 0.2) is 0 Å². The van der Waals surface area contributed by atoms with Gasteiger partial charge in [-0.1, -0.05) is 45.3 Å². The summed E-state index contributed by atoms with van der Waals surface area (Å²) in [5, 5.41) is 0. The molecule has 0 aliphatic rings. The first-order valence-electron chi connectivity index (χ1n) is 4.85. The van der Waals surface area contributed by atoms with Crippen LogP contribution in [0.2, 0.25) is 45.3 Å². The highest BCUT2D eigenvalue weighted by Gasteiger charge is 2.15. The van der Waals surface area contributed by atoms with E-state index >= 15 is 0 Å². The summed E-state index contributed by atoms with van der Waals surface area (Å²) >= 11 is 2.24. The lowest BCUT2D eigenvalue weighted by Gasteiger charge is -2.18. The lowest BCUT2D eigenvalue weighted by atomic mass is 10.6. The lowest BCUT2D eigenvalue weighted by Crippen LogP contribution is -2.20. The summed E-state index contributed by atoms with van der Waals surface area (Å²) in [5.74, 6) is 1.40. The highest BCUT2D eigenvalue weighted by Crippen LogP contribution is 2.22. The highest BCUT2D eigenvalue weighted by molar-refractivity contribution is 8.28. The van der Waals surface area contributed by atoms with E-state index in [-0.39, 0.29) is 0 Å². The van der Waals surface area contributed by atoms with E-state index in [9.17, 15) is 0 Å². The van der Waals surface area contributed by atoms with E-state index in [0.717, 1.165) is 0 Å². The quantitative estimate of drug-likeness (QED) is 0.492. The van der Waals surface area contributed by atoms with Gasteiger partial charge in [-0.25, -0.2) is 0 Å². The zero-order chi connectivity index (χ0) is 9.83. The van der Waals surface area contributed by atoms with Gasteiger partial charge in [0.05, 0.1) is 0 Å². The van der Waals surface area contributed by atoms with E-state index in [1.807, 2.05) is 0 Å². The van der Waals surface area contributed by atoms with Gasteiger partial charge in [0, 0.05) is 8.07 Å². The van der Waals surface area contributed by atoms with Crippen LogP contribution in [0.4, 0.5) is 0 Å². The Morgan fingerprint density at radius 2 is 1.42 bits per heavy atom. The van der Waals surface area contributed by atoms with Crippen molar-refractivity contribution in [1.29, 1.82) is 0 Å². The Kier molecular flexibility index (Phi) is 5.18. The minimum absolute atomic E-state index is 0.751. The van der Waals surface area contributed by atoms with Crippen LogP contribution in [0.25, 0.3) is 0 Å². The second-order valence-corrected chi connectivity index (χ2v) is 20.7. The SMILES string of the molecule is C[Si](C)(C)CCCS[Si](C)(C)C. The molecular formula is C9H24SSi2. The molecule has 0 amide bonds. The van der Waals surface area contributed by atoms with Gasteiger partial charge in [0.2, 0.25) is 0 Å². The Morgan fingerprint density at radius 3 is 1.75 bits per heavy atom. The van der Waals surface area contributed by atoms with Crippen LogP contribution in [0, 0.1) is 0 Å². The van der Waals surface area contributed by atoms with E-state index < -0.39 is 15.3 Å². The first kappa shape index (κ1) is 12.8. The van der Waals surface area contributed by atoms with Gasteiger partial charge in [-0.3, -0.25) is 0 Å². The van der Waals surface area contributed by atoms with Crippen molar-refractivity contribution in [2.24, 2.45) is 0 Å². The summed E-state index contributed by atoms with van der Waals surface area (Å²) in [7, 11) is -1.57. The maximum absolute atomic E-state index is 2.46. The summed E-state index contributed by atoms with van der Waals surface area (Å²) < 4.78 is 0. The maximum Gasteiger partial charge on any atom is 0.108 e. The molecule has 0 unspecified atom stereocenters. The standard InChI is InChI=1S/C9H24SSi2/c1-11(2,3)9-7-8-10-12(4,5)6/h7-9H2,1-6H3. The molecule has 0 fully saturated rings. The largest absolute Gasteiger partial charge is 0.186 e. The molecule has 0 bridgehead atoms. The second kappa shape index (κ2) is 4.86. The second-order valence-electron chi connectivity index (χ2n) is 5.63. The third-order valence-corrected chi connectivity index (χ3v) is 8.03. The molecule has 0 radical (unpaired) electrons. The van der Waals surface area contributed by atoms with Crippen molar-refractivity contribution in [3.05, 3.63) is 0 Å². The maximum atomic E-state index is 2.46. The third kappa shape index (κ3) is 10.8. The van der Waals surface area contributed by atoms with E-state index in [1.165, 1.54) is 18.2 Å². The molecule has 0 rings (SSSR count). The van der Waals surface area contributed by atoms with Gasteiger partial charge in [0.15, 0.2) is 0 Å². The van der Waals surface area contributed by atoms with Crippen molar-refractivity contribution in [2.75, 3.05) is 5.75 Å². The first-order valence-corrected chi connectivity index (χ1v) is 13.8. The van der Waals surface area contributed by atoms with Crippen LogP contribution in [-0.2, 0) is 0 Å². The van der Waals surface area contributed by atoms with Crippen molar-refractivity contribution in [3.63, 3.8) is 0 Å². The number of rotatable bonds is 5. The van der Waals surface area contributed by atoms with E-state index in [0.29, 0.717) is 0 Å². The van der Waals surface area contributed by atoms with Crippen LogP contribution in [0.5, 0.6) is 0 Å². The van der Waals surface area contributed by atoms with Gasteiger partial charge in [-0.15, -0.1) is 0 Å². The Balaban J connectivity index is 3.35. The molecule has 0 aromatic heterocycles. The van der Waals surface area contributed by atoms with Crippen molar-refractivity contribution >= 4 is 26.5 Å². The van der Waals surface area contributed by atoms with Gasteiger partial charge < -0.3 is 0 Å². The fourth-order valence-electron chi connectivity index (χ4n) is 0.981. The highest BCUT2D eigenvalue weighted by atomic mass is 32.4. The Bertz CT molecular complexity index is 105. The monoisotopic (exact) mass is 220 g/mol. The van der Waals surface area contributed by atoms with Crippen LogP contribution >= 0.6 is 11.2 Å². The summed E-state index contributed by atoms with van der Waals surface area (Å²) in [4.78, 5) is 0. The molecule has 0 aromatic carbocycles. The van der Waals surface area contributed by atoms with Gasteiger partial charge in [0.25, 0.3) is 0 Å². The minimum Gasteiger partial charge on any atom is -0.186 e. The molecule has 0 saturated heterocycles. The zero-order valence-electron chi connectivity index (χ0n) is 9.53. The molecule has 0 aliphatic heterocycles. The molecule has 0 N–H and O–H groups in total. The van der Waals surface area contributed by atoms with Crippen molar-refractivity contribution in [3.8, 4) is 0 Å². The average molecular weight is 221 g/mol. The Morgan fingerprint density at radius 1 is 0.917 bits per heavy atom. The summed E-state index contributed by atoms with van der Waals surface area (Å²) in [6.45, 7) is 14.7. The summed E-state index contributed by atoms with van der Waals surface area (Å²) in [6.07, 6.45) is 1.45. The molecule has 0 aromatic rings. The first-order chi connectivity index (χ1) is 5.21. The van der Waals surface area contributed by atoms with Crippen molar-refractivity contribution in [2.45, 2.75) is 51.7 Å². The van der Waals surface area contributed by atoms with Crippen LogP contribution in [-0.4, -0.2) is 21.1 Å². The van der Waals surface area contributed by atoms with Gasteiger partial charge >= 0.3 is 0 Å². The predicted molar refractivity (Wildman–Crippen MR) is 68.6 cm³/mol. The molecule has 12 heavy (non-hydrogen) atoms. The number of hydrogen-bond acceptors (Lipinski definition) is 1. The molecule has 3 heteroatoms. The van der Waals surface area contributed by atoms with Crippen molar-refractivity contribution in [1.82, 2.24) is 0 Å². The average Bonchev–Trinajstić information content (AvgIpc) is 1.76. The molecule has 0 atom stereocenters. The van der Waals surface area contributed by atoms with E-state index in [4.69, 9.17) is 0 Å². The summed E-state index contributed by atoms with van der Waals surface area (Å²) in [5.41, 5.74) is 0. The van der Waals surface area contributed by atoms with Crippen LogP contribution in [0.1, 0.15) is 6.42 Å². The predicted octanol–water partition coefficient (Wildman–Crippen LogP) is 4.28. The van der Waals surface area contributed by atoms with E-state index in [1.54, 1.807) is 0 Å². The molecule has 0 spiro atoms. The topological polar surface area (TPSA) is 0 Å². The Hall–Kier alpha value is 0.784. The van der Waals surface area contributed by atoms with Crippen LogP contribution in [0.3, 0.4) is 0 Å². The summed E-state index contributed by atoms with van der Waals surface area (Å²) in [6, 6.07) is 1.50. The van der Waals surface area contributed by atoms with E-state index in [2.05, 4.69) is 50.5 Å². The molecule has 0 nitrogen and oxygen atoms in total. The third-order valence-electron chi connectivity index (χ3n) is 1.61. The fraction of sp³-hybridized carbons (Fsp3) is 1.00. The minimum atomic E-state index is -0.821. The van der Waals surface area contributed by atoms with Gasteiger partial charge in [-0.2, -0.15) is 11.2 Å². The fourth-order valence-corrected chi connectivity index (χ4v) is 5.65. The zero-order valence-corrected chi connectivity index (χ0v) is 12.3. The molecule has 0 heterocycles.